The first kappa shape index (κ1) is 12.9. The molecule has 1 aliphatic rings. The van der Waals surface area contributed by atoms with Gasteiger partial charge in [-0.25, -0.2) is 0 Å². The lowest BCUT2D eigenvalue weighted by Crippen LogP contribution is -2.40. The minimum atomic E-state index is -0.655. The summed E-state index contributed by atoms with van der Waals surface area (Å²) in [5.74, 6) is 0. The van der Waals surface area contributed by atoms with E-state index in [2.05, 4.69) is 47.0 Å². The van der Waals surface area contributed by atoms with Crippen LogP contribution in [0.4, 0.5) is 0 Å². The molecule has 1 saturated heterocycles. The maximum atomic E-state index is 11.0. The number of nitrogens with zero attached hydrogens (tertiary/aromatic N) is 1. The molecule has 2 nitrogen and oxygen atoms in total. The Morgan fingerprint density at radius 2 is 1.79 bits per heavy atom. The molecule has 3 heteroatoms. The van der Waals surface area contributed by atoms with Crippen molar-refractivity contribution in [2.24, 2.45) is 0 Å². The van der Waals surface area contributed by atoms with Gasteiger partial charge in [-0.1, -0.05) is 30.3 Å². The largest absolute Gasteiger partial charge is 0.385 e. The monoisotopic (exact) mass is 273 g/mol. The number of benzene rings is 1. The van der Waals surface area contributed by atoms with Crippen molar-refractivity contribution in [3.63, 3.8) is 0 Å². The normalized spacial score (nSPS) is 19.5. The van der Waals surface area contributed by atoms with Gasteiger partial charge in [0.15, 0.2) is 0 Å². The van der Waals surface area contributed by atoms with Crippen LogP contribution >= 0.6 is 11.3 Å². The third kappa shape index (κ3) is 2.46. The first-order chi connectivity index (χ1) is 9.19. The van der Waals surface area contributed by atoms with Crippen molar-refractivity contribution in [1.82, 2.24) is 4.90 Å². The van der Waals surface area contributed by atoms with Gasteiger partial charge in [-0.3, -0.25) is 0 Å². The predicted molar refractivity (Wildman–Crippen MR) is 80.4 cm³/mol. The van der Waals surface area contributed by atoms with Crippen LogP contribution in [0.2, 0.25) is 0 Å². The molecule has 1 N–H and O–H groups in total. The van der Waals surface area contributed by atoms with E-state index in [1.54, 1.807) is 11.3 Å². The van der Waals surface area contributed by atoms with E-state index in [0.29, 0.717) is 0 Å². The molecule has 1 aliphatic heterocycles. The molecule has 0 spiro atoms. The molecule has 1 aromatic carbocycles. The molecule has 0 amide bonds. The molecule has 0 atom stereocenters. The minimum absolute atomic E-state index is 0.655. The summed E-state index contributed by atoms with van der Waals surface area (Å²) in [6, 6.07) is 10.4. The highest BCUT2D eigenvalue weighted by Crippen LogP contribution is 2.40. The topological polar surface area (TPSA) is 23.5 Å². The van der Waals surface area contributed by atoms with E-state index in [1.807, 2.05) is 6.07 Å². The van der Waals surface area contributed by atoms with Gasteiger partial charge in [0.1, 0.15) is 0 Å². The van der Waals surface area contributed by atoms with E-state index < -0.39 is 5.60 Å². The Bertz CT molecular complexity index is 541. The van der Waals surface area contributed by atoms with E-state index in [1.165, 1.54) is 11.1 Å². The highest BCUT2D eigenvalue weighted by atomic mass is 32.1. The zero-order chi connectivity index (χ0) is 13.3. The Morgan fingerprint density at radius 1 is 1.11 bits per heavy atom. The SMILES string of the molecule is CN1CCC(O)(c2cscc2-c2ccccc2)CC1. The fourth-order valence-corrected chi connectivity index (χ4v) is 3.71. The molecule has 2 aromatic rings. The quantitative estimate of drug-likeness (QED) is 0.907. The molecule has 3 rings (SSSR count). The number of piperidine rings is 1. The summed E-state index contributed by atoms with van der Waals surface area (Å²) in [6.45, 7) is 1.92. The lowest BCUT2D eigenvalue weighted by molar-refractivity contribution is -0.0195. The van der Waals surface area contributed by atoms with Crippen molar-refractivity contribution in [3.8, 4) is 11.1 Å². The Balaban J connectivity index is 1.96. The van der Waals surface area contributed by atoms with E-state index >= 15 is 0 Å². The van der Waals surface area contributed by atoms with Gasteiger partial charge in [-0.15, -0.1) is 0 Å². The summed E-state index contributed by atoms with van der Waals surface area (Å²) in [5.41, 5.74) is 2.85. The number of likely N-dealkylation sites (tertiary alicyclic amines) is 1. The maximum Gasteiger partial charge on any atom is 0.0934 e. The molecule has 0 unspecified atom stereocenters. The van der Waals surface area contributed by atoms with Crippen molar-refractivity contribution in [1.29, 1.82) is 0 Å². The zero-order valence-corrected chi connectivity index (χ0v) is 12.0. The Kier molecular flexibility index (Phi) is 3.44. The summed E-state index contributed by atoms with van der Waals surface area (Å²) >= 11 is 1.68. The standard InChI is InChI=1S/C16H19NOS/c1-17-9-7-16(18,8-10-17)15-12-19-11-14(15)13-5-3-2-4-6-13/h2-6,11-12,18H,7-10H2,1H3. The van der Waals surface area contributed by atoms with E-state index in [-0.39, 0.29) is 0 Å². The summed E-state index contributed by atoms with van der Waals surface area (Å²) in [4.78, 5) is 2.28. The molecule has 2 heterocycles. The second-order valence-electron chi connectivity index (χ2n) is 5.40. The molecular weight excluding hydrogens is 254 g/mol. The molecule has 19 heavy (non-hydrogen) atoms. The van der Waals surface area contributed by atoms with Gasteiger partial charge < -0.3 is 10.0 Å². The second kappa shape index (κ2) is 5.08. The van der Waals surface area contributed by atoms with Crippen LogP contribution in [0.15, 0.2) is 41.1 Å². The lowest BCUT2D eigenvalue weighted by atomic mass is 9.83. The molecule has 0 bridgehead atoms. The smallest absolute Gasteiger partial charge is 0.0934 e. The third-order valence-electron chi connectivity index (χ3n) is 4.06. The zero-order valence-electron chi connectivity index (χ0n) is 11.2. The minimum Gasteiger partial charge on any atom is -0.385 e. The van der Waals surface area contributed by atoms with Gasteiger partial charge >= 0.3 is 0 Å². The number of hydrogen-bond donors (Lipinski definition) is 1. The molecule has 0 aliphatic carbocycles. The summed E-state index contributed by atoms with van der Waals surface area (Å²) in [7, 11) is 2.12. The van der Waals surface area contributed by atoms with E-state index in [4.69, 9.17) is 0 Å². The fraction of sp³-hybridized carbons (Fsp3) is 0.375. The van der Waals surface area contributed by atoms with Gasteiger partial charge in [-0.2, -0.15) is 11.3 Å². The third-order valence-corrected chi connectivity index (χ3v) is 4.81. The molecule has 0 saturated carbocycles. The van der Waals surface area contributed by atoms with Crippen LogP contribution < -0.4 is 0 Å². The lowest BCUT2D eigenvalue weighted by Gasteiger charge is -2.37. The molecular formula is C16H19NOS. The molecule has 1 aromatic heterocycles. The summed E-state index contributed by atoms with van der Waals surface area (Å²) < 4.78 is 0. The Morgan fingerprint density at radius 3 is 2.47 bits per heavy atom. The molecule has 0 radical (unpaired) electrons. The average molecular weight is 273 g/mol. The van der Waals surface area contributed by atoms with Gasteiger partial charge in [0.05, 0.1) is 5.60 Å². The van der Waals surface area contributed by atoms with Crippen LogP contribution in [0.1, 0.15) is 18.4 Å². The predicted octanol–water partition coefficient (Wildman–Crippen LogP) is 3.33. The van der Waals surface area contributed by atoms with Gasteiger partial charge in [0.2, 0.25) is 0 Å². The first-order valence-electron chi connectivity index (χ1n) is 6.72. The van der Waals surface area contributed by atoms with Crippen LogP contribution in [0.5, 0.6) is 0 Å². The number of hydrogen-bond acceptors (Lipinski definition) is 3. The van der Waals surface area contributed by atoms with Crippen molar-refractivity contribution in [2.45, 2.75) is 18.4 Å². The van der Waals surface area contributed by atoms with Crippen molar-refractivity contribution in [2.75, 3.05) is 20.1 Å². The van der Waals surface area contributed by atoms with Gasteiger partial charge in [-0.05, 0) is 41.8 Å². The summed E-state index contributed by atoms with van der Waals surface area (Å²) in [6.07, 6.45) is 1.64. The van der Waals surface area contributed by atoms with Gasteiger partial charge in [0.25, 0.3) is 0 Å². The fourth-order valence-electron chi connectivity index (χ4n) is 2.76. The highest BCUT2D eigenvalue weighted by molar-refractivity contribution is 7.08. The van der Waals surface area contributed by atoms with E-state index in [0.717, 1.165) is 31.5 Å². The Hall–Kier alpha value is -1.16. The average Bonchev–Trinajstić information content (AvgIpc) is 2.93. The Labute approximate surface area is 118 Å². The van der Waals surface area contributed by atoms with Crippen LogP contribution in [0, 0.1) is 0 Å². The van der Waals surface area contributed by atoms with E-state index in [9.17, 15) is 5.11 Å². The second-order valence-corrected chi connectivity index (χ2v) is 6.14. The van der Waals surface area contributed by atoms with Crippen LogP contribution in [-0.2, 0) is 5.60 Å². The van der Waals surface area contributed by atoms with Crippen molar-refractivity contribution < 1.29 is 5.11 Å². The molecule has 1 fully saturated rings. The maximum absolute atomic E-state index is 11.0. The first-order valence-corrected chi connectivity index (χ1v) is 7.66. The highest BCUT2D eigenvalue weighted by Gasteiger charge is 2.35. The number of thiophene rings is 1. The van der Waals surface area contributed by atoms with Crippen molar-refractivity contribution in [3.05, 3.63) is 46.7 Å². The summed E-state index contributed by atoms with van der Waals surface area (Å²) in [5, 5.41) is 15.2. The van der Waals surface area contributed by atoms with Crippen LogP contribution in [0.25, 0.3) is 11.1 Å². The van der Waals surface area contributed by atoms with Crippen molar-refractivity contribution >= 4 is 11.3 Å². The van der Waals surface area contributed by atoms with Crippen LogP contribution in [-0.4, -0.2) is 30.1 Å². The number of aliphatic hydroxyl groups is 1. The number of rotatable bonds is 2. The molecule has 100 valence electrons. The van der Waals surface area contributed by atoms with Gasteiger partial charge in [0, 0.05) is 18.7 Å². The van der Waals surface area contributed by atoms with Crippen LogP contribution in [0.3, 0.4) is 0 Å².